The second kappa shape index (κ2) is 4.38. The molecule has 1 aromatic carbocycles. The topological polar surface area (TPSA) is 54.4 Å². The van der Waals surface area contributed by atoms with Crippen LogP contribution in [-0.2, 0) is 9.84 Å². The third-order valence-electron chi connectivity index (χ3n) is 3.38. The Labute approximate surface area is 100 Å². The van der Waals surface area contributed by atoms with Crippen LogP contribution in [-0.4, -0.2) is 31.1 Å². The highest BCUT2D eigenvalue weighted by atomic mass is 32.2. The van der Waals surface area contributed by atoms with Crippen LogP contribution in [0.3, 0.4) is 0 Å². The Morgan fingerprint density at radius 3 is 2.35 bits per heavy atom. The van der Waals surface area contributed by atoms with E-state index in [1.807, 2.05) is 0 Å². The molecule has 0 aromatic heterocycles. The summed E-state index contributed by atoms with van der Waals surface area (Å²) >= 11 is 0. The Kier molecular flexibility index (Phi) is 3.23. The fourth-order valence-electron chi connectivity index (χ4n) is 2.36. The molecular formula is C12H15FO3S. The van der Waals surface area contributed by atoms with Crippen molar-refractivity contribution in [1.82, 2.24) is 0 Å². The number of benzene rings is 1. The van der Waals surface area contributed by atoms with Gasteiger partial charge in [-0.3, -0.25) is 0 Å². The van der Waals surface area contributed by atoms with Crippen LogP contribution in [0, 0.1) is 11.7 Å². The van der Waals surface area contributed by atoms with Gasteiger partial charge in [-0.05, 0) is 17.7 Å². The number of hydrogen-bond donors (Lipinski definition) is 1. The number of hydrogen-bond acceptors (Lipinski definition) is 3. The van der Waals surface area contributed by atoms with Crippen molar-refractivity contribution in [2.45, 2.75) is 18.1 Å². The molecule has 1 aliphatic carbocycles. The first-order valence-corrected chi connectivity index (χ1v) is 7.30. The lowest BCUT2D eigenvalue weighted by Crippen LogP contribution is -2.13. The Hall–Kier alpha value is -0.940. The molecule has 0 bridgehead atoms. The van der Waals surface area contributed by atoms with Crippen molar-refractivity contribution in [2.24, 2.45) is 5.92 Å². The molecule has 1 fully saturated rings. The molecule has 0 amide bonds. The monoisotopic (exact) mass is 258 g/mol. The van der Waals surface area contributed by atoms with Crippen LogP contribution in [0.4, 0.5) is 4.39 Å². The molecule has 1 aliphatic rings. The standard InChI is InChI=1S/C12H15FO3S/c1-2-17(15,16)12-10(7-14)11(12)8-3-5-9(13)6-4-8/h3-6,10-12,14H,2,7H2,1H3/t10-,11+,12+/m0/s1. The smallest absolute Gasteiger partial charge is 0.153 e. The van der Waals surface area contributed by atoms with Gasteiger partial charge in [0.2, 0.25) is 0 Å². The van der Waals surface area contributed by atoms with Crippen molar-refractivity contribution in [3.05, 3.63) is 35.6 Å². The van der Waals surface area contributed by atoms with Gasteiger partial charge in [-0.25, -0.2) is 12.8 Å². The van der Waals surface area contributed by atoms with Gasteiger partial charge in [0, 0.05) is 24.2 Å². The van der Waals surface area contributed by atoms with Gasteiger partial charge in [-0.1, -0.05) is 19.1 Å². The maximum atomic E-state index is 12.8. The molecule has 5 heteroatoms. The molecule has 1 saturated carbocycles. The summed E-state index contributed by atoms with van der Waals surface area (Å²) in [6.45, 7) is 1.45. The minimum absolute atomic E-state index is 0.0753. The molecule has 1 aromatic rings. The largest absolute Gasteiger partial charge is 0.396 e. The first-order valence-electron chi connectivity index (χ1n) is 5.59. The third kappa shape index (κ3) is 2.21. The number of halogens is 1. The predicted molar refractivity (Wildman–Crippen MR) is 63.0 cm³/mol. The van der Waals surface area contributed by atoms with Crippen molar-refractivity contribution in [3.63, 3.8) is 0 Å². The van der Waals surface area contributed by atoms with Crippen LogP contribution < -0.4 is 0 Å². The summed E-state index contributed by atoms with van der Waals surface area (Å²) in [7, 11) is -3.15. The summed E-state index contributed by atoms with van der Waals surface area (Å²) in [6, 6.07) is 5.82. The van der Waals surface area contributed by atoms with Crippen molar-refractivity contribution < 1.29 is 17.9 Å². The molecule has 0 radical (unpaired) electrons. The van der Waals surface area contributed by atoms with Gasteiger partial charge in [0.25, 0.3) is 0 Å². The molecule has 0 spiro atoms. The zero-order valence-electron chi connectivity index (χ0n) is 9.51. The summed E-state index contributed by atoms with van der Waals surface area (Å²) in [5.41, 5.74) is 0.785. The van der Waals surface area contributed by atoms with Gasteiger partial charge < -0.3 is 5.11 Å². The minimum Gasteiger partial charge on any atom is -0.396 e. The molecular weight excluding hydrogens is 243 g/mol. The van der Waals surface area contributed by atoms with Gasteiger partial charge >= 0.3 is 0 Å². The lowest BCUT2D eigenvalue weighted by Gasteiger charge is -2.00. The highest BCUT2D eigenvalue weighted by Crippen LogP contribution is 2.52. The third-order valence-corrected chi connectivity index (χ3v) is 5.66. The quantitative estimate of drug-likeness (QED) is 0.886. The van der Waals surface area contributed by atoms with Crippen LogP contribution in [0.2, 0.25) is 0 Å². The van der Waals surface area contributed by atoms with Crippen molar-refractivity contribution in [1.29, 1.82) is 0 Å². The number of aliphatic hydroxyl groups excluding tert-OH is 1. The number of aliphatic hydroxyl groups is 1. The summed E-state index contributed by atoms with van der Waals surface area (Å²) in [5.74, 6) is -0.702. The van der Waals surface area contributed by atoms with E-state index in [-0.39, 0.29) is 30.0 Å². The molecule has 3 nitrogen and oxygen atoms in total. The minimum atomic E-state index is -3.15. The highest BCUT2D eigenvalue weighted by Gasteiger charge is 2.57. The van der Waals surface area contributed by atoms with Gasteiger partial charge in [0.15, 0.2) is 9.84 Å². The first-order chi connectivity index (χ1) is 8.01. The SMILES string of the molecule is CCS(=O)(=O)[C@@H]1[C@@H](CO)[C@H]1c1ccc(F)cc1. The molecule has 94 valence electrons. The predicted octanol–water partition coefficient (Wildman–Crippen LogP) is 1.33. The first kappa shape index (κ1) is 12.5. The van der Waals surface area contributed by atoms with Gasteiger partial charge in [-0.2, -0.15) is 0 Å². The Morgan fingerprint density at radius 1 is 1.29 bits per heavy atom. The van der Waals surface area contributed by atoms with E-state index in [1.54, 1.807) is 19.1 Å². The second-order valence-corrected chi connectivity index (χ2v) is 6.79. The maximum absolute atomic E-state index is 12.8. The van der Waals surface area contributed by atoms with Crippen LogP contribution >= 0.6 is 0 Å². The van der Waals surface area contributed by atoms with E-state index < -0.39 is 15.1 Å². The van der Waals surface area contributed by atoms with Crippen LogP contribution in [0.5, 0.6) is 0 Å². The summed E-state index contributed by atoms with van der Waals surface area (Å²) in [4.78, 5) is 0. The molecule has 0 saturated heterocycles. The molecule has 1 N–H and O–H groups in total. The fourth-order valence-corrected chi connectivity index (χ4v) is 4.25. The summed E-state index contributed by atoms with van der Waals surface area (Å²) in [6.07, 6.45) is 0. The number of sulfone groups is 1. The van der Waals surface area contributed by atoms with E-state index in [1.165, 1.54) is 12.1 Å². The molecule has 0 heterocycles. The number of rotatable bonds is 4. The van der Waals surface area contributed by atoms with E-state index in [0.29, 0.717) is 0 Å². The normalized spacial score (nSPS) is 28.1. The van der Waals surface area contributed by atoms with Crippen molar-refractivity contribution in [2.75, 3.05) is 12.4 Å². The molecule has 0 unspecified atom stereocenters. The van der Waals surface area contributed by atoms with Gasteiger partial charge in [0.1, 0.15) is 5.82 Å². The van der Waals surface area contributed by atoms with Crippen molar-refractivity contribution >= 4 is 9.84 Å². The lowest BCUT2D eigenvalue weighted by molar-refractivity contribution is 0.274. The molecule has 3 atom stereocenters. The summed E-state index contributed by atoms with van der Waals surface area (Å²) in [5, 5.41) is 8.67. The van der Waals surface area contributed by atoms with E-state index in [4.69, 9.17) is 0 Å². The summed E-state index contributed by atoms with van der Waals surface area (Å²) < 4.78 is 36.4. The average molecular weight is 258 g/mol. The zero-order valence-corrected chi connectivity index (χ0v) is 10.3. The van der Waals surface area contributed by atoms with Crippen LogP contribution in [0.1, 0.15) is 18.4 Å². The molecule has 2 rings (SSSR count). The Morgan fingerprint density at radius 2 is 1.88 bits per heavy atom. The van der Waals surface area contributed by atoms with Gasteiger partial charge in [-0.15, -0.1) is 0 Å². The fraction of sp³-hybridized carbons (Fsp3) is 0.500. The molecule has 17 heavy (non-hydrogen) atoms. The lowest BCUT2D eigenvalue weighted by atomic mass is 10.1. The second-order valence-electron chi connectivity index (χ2n) is 4.34. The van der Waals surface area contributed by atoms with E-state index in [9.17, 15) is 17.9 Å². The Bertz CT molecular complexity index is 495. The average Bonchev–Trinajstić information content (AvgIpc) is 3.05. The van der Waals surface area contributed by atoms with Gasteiger partial charge in [0.05, 0.1) is 5.25 Å². The Balaban J connectivity index is 2.26. The van der Waals surface area contributed by atoms with E-state index >= 15 is 0 Å². The van der Waals surface area contributed by atoms with Crippen LogP contribution in [0.25, 0.3) is 0 Å². The maximum Gasteiger partial charge on any atom is 0.153 e. The van der Waals surface area contributed by atoms with E-state index in [2.05, 4.69) is 0 Å². The zero-order chi connectivity index (χ0) is 12.6. The van der Waals surface area contributed by atoms with Crippen LogP contribution in [0.15, 0.2) is 24.3 Å². The van der Waals surface area contributed by atoms with E-state index in [0.717, 1.165) is 5.56 Å². The highest BCUT2D eigenvalue weighted by molar-refractivity contribution is 7.92. The van der Waals surface area contributed by atoms with Crippen molar-refractivity contribution in [3.8, 4) is 0 Å². The molecule has 0 aliphatic heterocycles.